The van der Waals surface area contributed by atoms with Crippen molar-refractivity contribution < 1.29 is 4.52 Å². The van der Waals surface area contributed by atoms with E-state index in [9.17, 15) is 0 Å². The molecule has 1 aliphatic heterocycles. The van der Waals surface area contributed by atoms with Gasteiger partial charge in [-0.15, -0.1) is 0 Å². The molecule has 5 heteroatoms. The highest BCUT2D eigenvalue weighted by atomic mass is 16.5. The molecule has 0 amide bonds. The highest BCUT2D eigenvalue weighted by molar-refractivity contribution is 5.80. The maximum absolute atomic E-state index is 4.85. The molecule has 1 unspecified atom stereocenters. The number of hydrogen-bond donors (Lipinski definition) is 1. The summed E-state index contributed by atoms with van der Waals surface area (Å²) in [6.07, 6.45) is 2.75. The van der Waals surface area contributed by atoms with Crippen molar-refractivity contribution in [2.75, 3.05) is 19.6 Å². The van der Waals surface area contributed by atoms with Crippen LogP contribution in [0.15, 0.2) is 52.2 Å². The van der Waals surface area contributed by atoms with Crippen LogP contribution in [-0.4, -0.2) is 35.7 Å². The van der Waals surface area contributed by atoms with Gasteiger partial charge >= 0.3 is 0 Å². The fraction of sp³-hybridized carbons (Fsp3) is 0.412. The van der Waals surface area contributed by atoms with E-state index in [1.54, 1.807) is 6.26 Å². The molecule has 2 heterocycles. The van der Waals surface area contributed by atoms with Crippen LogP contribution in [-0.2, 0) is 6.54 Å². The van der Waals surface area contributed by atoms with Gasteiger partial charge in [0.25, 0.3) is 0 Å². The number of rotatable bonds is 4. The Morgan fingerprint density at radius 1 is 1.36 bits per heavy atom. The molecule has 116 valence electrons. The lowest BCUT2D eigenvalue weighted by molar-refractivity contribution is 0.411. The van der Waals surface area contributed by atoms with Gasteiger partial charge in [0.1, 0.15) is 12.0 Å². The normalized spacial score (nSPS) is 18.7. The summed E-state index contributed by atoms with van der Waals surface area (Å²) in [4.78, 5) is 7.01. The number of aromatic nitrogens is 1. The summed E-state index contributed by atoms with van der Waals surface area (Å²) in [5.41, 5.74) is 2.27. The van der Waals surface area contributed by atoms with E-state index in [4.69, 9.17) is 4.52 Å². The van der Waals surface area contributed by atoms with Crippen LogP contribution in [0.5, 0.6) is 0 Å². The summed E-state index contributed by atoms with van der Waals surface area (Å²) >= 11 is 0. The number of aliphatic imine (C=N–C) groups is 1. The van der Waals surface area contributed by atoms with Crippen molar-refractivity contribution in [3.63, 3.8) is 0 Å². The Kier molecular flexibility index (Phi) is 4.73. The first kappa shape index (κ1) is 14.6. The van der Waals surface area contributed by atoms with Crippen molar-refractivity contribution in [3.05, 3.63) is 53.9 Å². The summed E-state index contributed by atoms with van der Waals surface area (Å²) in [6, 6.07) is 12.6. The van der Waals surface area contributed by atoms with Crippen molar-refractivity contribution in [3.8, 4) is 0 Å². The number of nitrogens with zero attached hydrogens (tertiary/aromatic N) is 3. The zero-order valence-corrected chi connectivity index (χ0v) is 12.9. The fourth-order valence-electron chi connectivity index (χ4n) is 2.85. The lowest BCUT2D eigenvalue weighted by Gasteiger charge is -2.21. The van der Waals surface area contributed by atoms with Gasteiger partial charge in [-0.1, -0.05) is 35.5 Å². The molecule has 1 saturated heterocycles. The maximum atomic E-state index is 4.85. The zero-order valence-electron chi connectivity index (χ0n) is 12.9. The third kappa shape index (κ3) is 3.47. The molecule has 1 aliphatic rings. The topological polar surface area (TPSA) is 53.7 Å². The van der Waals surface area contributed by atoms with Crippen LogP contribution in [0.2, 0.25) is 0 Å². The average Bonchev–Trinajstić information content (AvgIpc) is 3.24. The number of likely N-dealkylation sites (tertiary alicyclic amines) is 1. The van der Waals surface area contributed by atoms with Crippen LogP contribution in [0.25, 0.3) is 0 Å². The van der Waals surface area contributed by atoms with Gasteiger partial charge in [-0.25, -0.2) is 4.99 Å². The fourth-order valence-corrected chi connectivity index (χ4v) is 2.85. The van der Waals surface area contributed by atoms with Crippen molar-refractivity contribution in [2.45, 2.75) is 25.8 Å². The second-order valence-electron chi connectivity index (χ2n) is 5.50. The van der Waals surface area contributed by atoms with E-state index >= 15 is 0 Å². The third-order valence-electron chi connectivity index (χ3n) is 3.98. The SMILES string of the molecule is CCNC(=NCc1ccon1)N1CCC(c2ccccc2)C1. The van der Waals surface area contributed by atoms with Crippen LogP contribution >= 0.6 is 0 Å². The number of nitrogens with one attached hydrogen (secondary N) is 1. The summed E-state index contributed by atoms with van der Waals surface area (Å²) in [6.45, 7) is 5.55. The second kappa shape index (κ2) is 7.11. The van der Waals surface area contributed by atoms with Gasteiger partial charge < -0.3 is 14.7 Å². The molecule has 1 N–H and O–H groups in total. The summed E-state index contributed by atoms with van der Waals surface area (Å²) in [5, 5.41) is 7.29. The second-order valence-corrected chi connectivity index (χ2v) is 5.50. The molecule has 3 rings (SSSR count). The molecule has 1 atom stereocenters. The van der Waals surface area contributed by atoms with Gasteiger partial charge in [0.05, 0.1) is 6.54 Å². The third-order valence-corrected chi connectivity index (χ3v) is 3.98. The van der Waals surface area contributed by atoms with Crippen LogP contribution < -0.4 is 5.32 Å². The minimum absolute atomic E-state index is 0.547. The first-order chi connectivity index (χ1) is 10.9. The van der Waals surface area contributed by atoms with Gasteiger partial charge in [-0.2, -0.15) is 0 Å². The van der Waals surface area contributed by atoms with Gasteiger partial charge in [0, 0.05) is 31.6 Å². The Morgan fingerprint density at radius 3 is 2.95 bits per heavy atom. The predicted octanol–water partition coefficient (Wildman–Crippen LogP) is 2.63. The molecule has 22 heavy (non-hydrogen) atoms. The van der Waals surface area contributed by atoms with Crippen molar-refractivity contribution >= 4 is 5.96 Å². The minimum atomic E-state index is 0.547. The summed E-state index contributed by atoms with van der Waals surface area (Å²) in [5.74, 6) is 1.54. The predicted molar refractivity (Wildman–Crippen MR) is 86.7 cm³/mol. The Bertz CT molecular complexity index is 594. The molecule has 0 aliphatic carbocycles. The van der Waals surface area contributed by atoms with Gasteiger partial charge in [-0.3, -0.25) is 0 Å². The van der Waals surface area contributed by atoms with E-state index in [0.717, 1.165) is 31.3 Å². The highest BCUT2D eigenvalue weighted by Gasteiger charge is 2.25. The van der Waals surface area contributed by atoms with Gasteiger partial charge in [0.2, 0.25) is 0 Å². The summed E-state index contributed by atoms with van der Waals surface area (Å²) in [7, 11) is 0. The van der Waals surface area contributed by atoms with Gasteiger partial charge in [-0.05, 0) is 18.9 Å². The van der Waals surface area contributed by atoms with E-state index in [0.29, 0.717) is 12.5 Å². The van der Waals surface area contributed by atoms with Crippen molar-refractivity contribution in [1.82, 2.24) is 15.4 Å². The van der Waals surface area contributed by atoms with E-state index in [-0.39, 0.29) is 0 Å². The standard InChI is InChI=1S/C17H22N4O/c1-2-18-17(19-12-16-9-11-22-20-16)21-10-8-15(13-21)14-6-4-3-5-7-14/h3-7,9,11,15H,2,8,10,12-13H2,1H3,(H,18,19). The lowest BCUT2D eigenvalue weighted by atomic mass is 9.99. The first-order valence-corrected chi connectivity index (χ1v) is 7.84. The molecule has 0 saturated carbocycles. The maximum Gasteiger partial charge on any atom is 0.194 e. The largest absolute Gasteiger partial charge is 0.364 e. The molecule has 1 aromatic heterocycles. The molecule has 0 bridgehead atoms. The smallest absolute Gasteiger partial charge is 0.194 e. The van der Waals surface area contributed by atoms with Crippen LogP contribution in [0, 0.1) is 0 Å². The Hall–Kier alpha value is -2.30. The molecule has 5 nitrogen and oxygen atoms in total. The van der Waals surface area contributed by atoms with E-state index in [1.165, 1.54) is 12.0 Å². The zero-order chi connectivity index (χ0) is 15.2. The van der Waals surface area contributed by atoms with Crippen LogP contribution in [0.1, 0.15) is 30.5 Å². The molecule has 2 aromatic rings. The number of hydrogen-bond acceptors (Lipinski definition) is 3. The molecule has 0 spiro atoms. The van der Waals surface area contributed by atoms with Crippen LogP contribution in [0.4, 0.5) is 0 Å². The van der Waals surface area contributed by atoms with Crippen molar-refractivity contribution in [2.24, 2.45) is 4.99 Å². The quantitative estimate of drug-likeness (QED) is 0.696. The van der Waals surface area contributed by atoms with Crippen molar-refractivity contribution in [1.29, 1.82) is 0 Å². The monoisotopic (exact) mass is 298 g/mol. The minimum Gasteiger partial charge on any atom is -0.364 e. The number of guanidine groups is 1. The highest BCUT2D eigenvalue weighted by Crippen LogP contribution is 2.26. The van der Waals surface area contributed by atoms with E-state index in [2.05, 4.69) is 57.6 Å². The molecule has 1 fully saturated rings. The van der Waals surface area contributed by atoms with E-state index < -0.39 is 0 Å². The first-order valence-electron chi connectivity index (χ1n) is 7.84. The van der Waals surface area contributed by atoms with Gasteiger partial charge in [0.15, 0.2) is 5.96 Å². The molecule has 1 aromatic carbocycles. The average molecular weight is 298 g/mol. The Morgan fingerprint density at radius 2 is 2.23 bits per heavy atom. The van der Waals surface area contributed by atoms with Crippen LogP contribution in [0.3, 0.4) is 0 Å². The molecular formula is C17H22N4O. The summed E-state index contributed by atoms with van der Waals surface area (Å²) < 4.78 is 4.85. The number of benzene rings is 1. The molecule has 0 radical (unpaired) electrons. The molecular weight excluding hydrogens is 276 g/mol. The lowest BCUT2D eigenvalue weighted by Crippen LogP contribution is -2.40. The Labute approximate surface area is 131 Å². The van der Waals surface area contributed by atoms with E-state index in [1.807, 2.05) is 6.07 Å². The Balaban J connectivity index is 1.66.